The van der Waals surface area contributed by atoms with E-state index in [9.17, 15) is 13.2 Å². The van der Waals surface area contributed by atoms with E-state index in [0.717, 1.165) is 12.8 Å². The normalized spacial score (nSPS) is 11.3. The highest BCUT2D eigenvalue weighted by Gasteiger charge is 2.26. The summed E-state index contributed by atoms with van der Waals surface area (Å²) in [5.74, 6) is 0. The van der Waals surface area contributed by atoms with Gasteiger partial charge in [-0.15, -0.1) is 0 Å². The summed E-state index contributed by atoms with van der Waals surface area (Å²) in [6.07, 6.45) is 1.64. The molecule has 0 aliphatic carbocycles. The summed E-state index contributed by atoms with van der Waals surface area (Å²) < 4.78 is 26.3. The van der Waals surface area contributed by atoms with E-state index in [1.807, 2.05) is 11.6 Å². The molecule has 0 aliphatic rings. The van der Waals surface area contributed by atoms with Crippen LogP contribution in [0.1, 0.15) is 31.0 Å². The van der Waals surface area contributed by atoms with Crippen LogP contribution in [0.4, 0.5) is 4.79 Å². The molecular formula is C12H17Cl2N3O3S. The summed E-state index contributed by atoms with van der Waals surface area (Å²) >= 11 is 11.9. The number of aryl methyl sites for hydroxylation is 1. The van der Waals surface area contributed by atoms with Gasteiger partial charge >= 0.3 is 6.03 Å². The van der Waals surface area contributed by atoms with Crippen molar-refractivity contribution < 1.29 is 13.2 Å². The number of urea groups is 1. The average Bonchev–Trinajstić information content (AvgIpc) is 2.35. The molecule has 1 heterocycles. The number of pyridine rings is 1. The van der Waals surface area contributed by atoms with Gasteiger partial charge in [0.15, 0.2) is 0 Å². The van der Waals surface area contributed by atoms with Crippen LogP contribution in [0.2, 0.25) is 10.2 Å². The Balaban J connectivity index is 3.04. The summed E-state index contributed by atoms with van der Waals surface area (Å²) in [4.78, 5) is 15.2. The molecule has 0 saturated heterocycles. The molecule has 1 rings (SSSR count). The topological polar surface area (TPSA) is 88.2 Å². The standard InChI is InChI=1S/C12H17Cl2N3O3S/c1-4-5-6-15-12(18)17-21(19,20)10-7(2)9(13)8(3)16-11(10)14/h4-6H2,1-3H3,(H2,15,17,18). The van der Waals surface area contributed by atoms with E-state index in [-0.39, 0.29) is 20.6 Å². The van der Waals surface area contributed by atoms with E-state index in [0.29, 0.717) is 12.2 Å². The molecule has 0 fully saturated rings. The largest absolute Gasteiger partial charge is 0.337 e. The number of unbranched alkanes of at least 4 members (excludes halogenated alkanes) is 1. The number of carbonyl (C=O) groups is 1. The number of halogens is 2. The Hall–Kier alpha value is -1.05. The van der Waals surface area contributed by atoms with Crippen LogP contribution in [-0.2, 0) is 10.0 Å². The number of hydrogen-bond acceptors (Lipinski definition) is 4. The van der Waals surface area contributed by atoms with Crippen molar-refractivity contribution in [2.75, 3.05) is 6.54 Å². The zero-order valence-electron chi connectivity index (χ0n) is 12.0. The van der Waals surface area contributed by atoms with Crippen LogP contribution in [0.3, 0.4) is 0 Å². The molecule has 6 nitrogen and oxygen atoms in total. The number of nitrogens with zero attached hydrogens (tertiary/aromatic N) is 1. The Morgan fingerprint density at radius 2 is 1.90 bits per heavy atom. The third kappa shape index (κ3) is 4.46. The number of sulfonamides is 1. The third-order valence-corrected chi connectivity index (χ3v) is 5.19. The predicted molar refractivity (Wildman–Crippen MR) is 82.4 cm³/mol. The van der Waals surface area contributed by atoms with E-state index in [1.54, 1.807) is 6.92 Å². The van der Waals surface area contributed by atoms with E-state index in [1.165, 1.54) is 6.92 Å². The molecule has 0 radical (unpaired) electrons. The lowest BCUT2D eigenvalue weighted by molar-refractivity contribution is 0.245. The smallest absolute Gasteiger partial charge is 0.328 e. The van der Waals surface area contributed by atoms with E-state index >= 15 is 0 Å². The highest BCUT2D eigenvalue weighted by Crippen LogP contribution is 2.30. The minimum absolute atomic E-state index is 0.200. The van der Waals surface area contributed by atoms with Crippen molar-refractivity contribution in [2.45, 2.75) is 38.5 Å². The second-order valence-electron chi connectivity index (χ2n) is 4.47. The van der Waals surface area contributed by atoms with Crippen molar-refractivity contribution in [1.29, 1.82) is 0 Å². The van der Waals surface area contributed by atoms with Crippen molar-refractivity contribution in [3.63, 3.8) is 0 Å². The van der Waals surface area contributed by atoms with Gasteiger partial charge in [-0.25, -0.2) is 22.9 Å². The van der Waals surface area contributed by atoms with Crippen molar-refractivity contribution in [1.82, 2.24) is 15.0 Å². The maximum absolute atomic E-state index is 12.2. The first-order valence-electron chi connectivity index (χ1n) is 6.33. The number of aromatic nitrogens is 1. The Morgan fingerprint density at radius 1 is 1.29 bits per heavy atom. The number of amides is 2. The van der Waals surface area contributed by atoms with Gasteiger partial charge < -0.3 is 5.32 Å². The molecule has 0 spiro atoms. The first-order chi connectivity index (χ1) is 9.70. The van der Waals surface area contributed by atoms with Crippen LogP contribution in [-0.4, -0.2) is 26.0 Å². The first kappa shape index (κ1) is 18.0. The highest BCUT2D eigenvalue weighted by molar-refractivity contribution is 7.90. The Labute approximate surface area is 134 Å². The lowest BCUT2D eigenvalue weighted by Crippen LogP contribution is -2.40. The maximum Gasteiger partial charge on any atom is 0.328 e. The Bertz CT molecular complexity index is 648. The molecule has 0 atom stereocenters. The van der Waals surface area contributed by atoms with Crippen molar-refractivity contribution in [3.8, 4) is 0 Å². The van der Waals surface area contributed by atoms with E-state index in [2.05, 4.69) is 10.3 Å². The third-order valence-electron chi connectivity index (χ3n) is 2.75. The molecule has 0 aliphatic heterocycles. The summed E-state index contributed by atoms with van der Waals surface area (Å²) in [6, 6.07) is -0.810. The van der Waals surface area contributed by atoms with Crippen LogP contribution in [0.25, 0.3) is 0 Å². The minimum Gasteiger partial charge on any atom is -0.337 e. The number of nitrogens with one attached hydrogen (secondary N) is 2. The van der Waals surface area contributed by atoms with Gasteiger partial charge in [0.25, 0.3) is 10.0 Å². The zero-order valence-corrected chi connectivity index (χ0v) is 14.3. The molecule has 9 heteroatoms. The molecule has 118 valence electrons. The van der Waals surface area contributed by atoms with Crippen LogP contribution in [0, 0.1) is 13.8 Å². The van der Waals surface area contributed by atoms with Crippen molar-refractivity contribution in [3.05, 3.63) is 21.4 Å². The second kappa shape index (κ2) is 7.29. The SMILES string of the molecule is CCCCNC(=O)NS(=O)(=O)c1c(Cl)nc(C)c(Cl)c1C. The fourth-order valence-electron chi connectivity index (χ4n) is 1.67. The second-order valence-corrected chi connectivity index (χ2v) is 6.83. The van der Waals surface area contributed by atoms with Gasteiger partial charge in [-0.3, -0.25) is 0 Å². The number of rotatable bonds is 5. The predicted octanol–water partition coefficient (Wildman–Crippen LogP) is 2.79. The molecule has 0 saturated carbocycles. The lowest BCUT2D eigenvalue weighted by Gasteiger charge is -2.13. The number of carbonyl (C=O) groups excluding carboxylic acids is 1. The van der Waals surface area contributed by atoms with Crippen LogP contribution < -0.4 is 10.0 Å². The quantitative estimate of drug-likeness (QED) is 0.629. The maximum atomic E-state index is 12.2. The molecular weight excluding hydrogens is 337 g/mol. The molecule has 1 aromatic rings. The monoisotopic (exact) mass is 353 g/mol. The summed E-state index contributed by atoms with van der Waals surface area (Å²) in [6.45, 7) is 5.46. The van der Waals surface area contributed by atoms with Gasteiger partial charge in [0.2, 0.25) is 0 Å². The van der Waals surface area contributed by atoms with Crippen LogP contribution in [0.15, 0.2) is 4.90 Å². The van der Waals surface area contributed by atoms with Gasteiger partial charge in [-0.2, -0.15) is 0 Å². The van der Waals surface area contributed by atoms with Gasteiger partial charge in [0.05, 0.1) is 10.7 Å². The lowest BCUT2D eigenvalue weighted by atomic mass is 10.2. The summed E-state index contributed by atoms with van der Waals surface area (Å²) in [7, 11) is -4.14. The molecule has 2 N–H and O–H groups in total. The van der Waals surface area contributed by atoms with Gasteiger partial charge in [-0.1, -0.05) is 36.5 Å². The Kier molecular flexibility index (Phi) is 6.24. The minimum atomic E-state index is -4.14. The molecule has 0 aromatic carbocycles. The van der Waals surface area contributed by atoms with Gasteiger partial charge in [0, 0.05) is 6.54 Å². The van der Waals surface area contributed by atoms with Gasteiger partial charge in [0.1, 0.15) is 10.0 Å². The molecule has 0 bridgehead atoms. The number of hydrogen-bond donors (Lipinski definition) is 2. The van der Waals surface area contributed by atoms with Gasteiger partial charge in [-0.05, 0) is 25.8 Å². The highest BCUT2D eigenvalue weighted by atomic mass is 35.5. The van der Waals surface area contributed by atoms with E-state index < -0.39 is 16.1 Å². The molecule has 1 aromatic heterocycles. The van der Waals surface area contributed by atoms with E-state index in [4.69, 9.17) is 23.2 Å². The Morgan fingerprint density at radius 3 is 2.48 bits per heavy atom. The van der Waals surface area contributed by atoms with Crippen molar-refractivity contribution in [2.24, 2.45) is 0 Å². The molecule has 2 amide bonds. The van der Waals surface area contributed by atoms with Crippen LogP contribution in [0.5, 0.6) is 0 Å². The fraction of sp³-hybridized carbons (Fsp3) is 0.500. The average molecular weight is 354 g/mol. The summed E-state index contributed by atoms with van der Waals surface area (Å²) in [5, 5.41) is 2.43. The van der Waals surface area contributed by atoms with Crippen LogP contribution >= 0.6 is 23.2 Å². The molecule has 0 unspecified atom stereocenters. The van der Waals surface area contributed by atoms with Crippen molar-refractivity contribution >= 4 is 39.3 Å². The summed E-state index contributed by atoms with van der Waals surface area (Å²) in [5.41, 5.74) is 0.675. The zero-order chi connectivity index (χ0) is 16.2. The fourth-order valence-corrected chi connectivity index (χ4v) is 3.63. The first-order valence-corrected chi connectivity index (χ1v) is 8.57. The molecule has 21 heavy (non-hydrogen) atoms.